The van der Waals surface area contributed by atoms with Gasteiger partial charge in [0.25, 0.3) is 0 Å². The van der Waals surface area contributed by atoms with Crippen molar-refractivity contribution < 1.29 is 52.7 Å². The molecule has 0 rings (SSSR count). The fraction of sp³-hybridized carbons (Fsp3) is 0.963. The lowest BCUT2D eigenvalue weighted by atomic mass is 9.95. The van der Waals surface area contributed by atoms with Gasteiger partial charge >= 0.3 is 23.9 Å². The van der Waals surface area contributed by atoms with E-state index in [1.165, 1.54) is 347 Å². The number of aliphatic hydroxyl groups is 1. The van der Waals surface area contributed by atoms with Crippen molar-refractivity contribution in [3.8, 4) is 0 Å². The van der Waals surface area contributed by atoms with Crippen LogP contribution in [0.4, 0.5) is 0 Å². The molecule has 5 unspecified atom stereocenters. The van der Waals surface area contributed by atoms with Crippen LogP contribution < -0.4 is 0 Å². The fourth-order valence-corrected chi connectivity index (χ4v) is 17.6. The molecule has 0 fully saturated rings. The minimum absolute atomic E-state index is 0.00244. The zero-order valence-corrected chi connectivity index (χ0v) is 82.7. The summed E-state index contributed by atoms with van der Waals surface area (Å²) in [7, 11) is 0. The number of carbonyl (C=O) groups is 4. The number of hydrogen-bond acceptors (Lipinski definition) is 13. The van der Waals surface area contributed by atoms with Gasteiger partial charge < -0.3 is 43.3 Å². The smallest absolute Gasteiger partial charge is 0.305 e. The summed E-state index contributed by atoms with van der Waals surface area (Å²) in [6.07, 6.45) is 89.5. The fourth-order valence-electron chi connectivity index (χ4n) is 17.6. The number of rotatable bonds is 103. The molecule has 121 heavy (non-hydrogen) atoms. The molecule has 1 N–H and O–H groups in total. The molecule has 0 aliphatic carbocycles. The van der Waals surface area contributed by atoms with Gasteiger partial charge in [-0.15, -0.1) is 0 Å². The number of aliphatic hydroxyl groups excluding tert-OH is 1. The number of ether oxygens (including phenoxy) is 6. The van der Waals surface area contributed by atoms with Crippen LogP contribution in [0.3, 0.4) is 0 Å². The Morgan fingerprint density at radius 3 is 0.612 bits per heavy atom. The lowest BCUT2D eigenvalue weighted by Crippen LogP contribution is -2.27. The van der Waals surface area contributed by atoms with E-state index < -0.39 is 6.10 Å². The molecule has 0 amide bonds. The Labute approximate surface area is 753 Å². The first-order valence-electron chi connectivity index (χ1n) is 54.4. The van der Waals surface area contributed by atoms with Gasteiger partial charge in [-0.05, 0) is 198 Å². The highest BCUT2D eigenvalue weighted by molar-refractivity contribution is 5.70. The van der Waals surface area contributed by atoms with Crippen LogP contribution in [0.1, 0.15) is 550 Å². The summed E-state index contributed by atoms with van der Waals surface area (Å²) in [5.41, 5.74) is 0. The first-order valence-corrected chi connectivity index (χ1v) is 54.4. The number of carbonyl (C=O) groups excluding carboxylic acids is 4. The molecule has 13 heteroatoms. The van der Waals surface area contributed by atoms with Gasteiger partial charge in [0.05, 0.1) is 39.1 Å². The molecule has 13 nitrogen and oxygen atoms in total. The van der Waals surface area contributed by atoms with Crippen molar-refractivity contribution >= 4 is 23.9 Å². The SMILES string of the molecule is CCCCCCCCC(CCCCCC)COC(=O)CCCCCCCN(CCCCCCCC(=O)OCC(CCCCCC)CCCCCCCC)CCCCOCCC(O)COCCCCN(CCCCCCCC(=O)OCC(CCCCCC)CCCCCCCC)CCCCCCCC(=O)OCC(CCCCCC)CCCCCCCC. The highest BCUT2D eigenvalue weighted by atomic mass is 16.5. The average molecular weight is 1710 g/mol. The Morgan fingerprint density at radius 1 is 0.198 bits per heavy atom. The van der Waals surface area contributed by atoms with Crippen LogP contribution in [0.25, 0.3) is 0 Å². The van der Waals surface area contributed by atoms with Crippen LogP contribution in [-0.2, 0) is 47.6 Å². The Kier molecular flexibility index (Phi) is 96.4. The second-order valence-electron chi connectivity index (χ2n) is 38.1. The second kappa shape index (κ2) is 98.3. The van der Waals surface area contributed by atoms with Crippen molar-refractivity contribution in [1.82, 2.24) is 9.80 Å². The Morgan fingerprint density at radius 2 is 0.380 bits per heavy atom. The van der Waals surface area contributed by atoms with E-state index in [2.05, 4.69) is 65.2 Å². The second-order valence-corrected chi connectivity index (χ2v) is 38.1. The first kappa shape index (κ1) is 119. The van der Waals surface area contributed by atoms with Gasteiger partial charge in [0.2, 0.25) is 0 Å². The zero-order valence-electron chi connectivity index (χ0n) is 82.7. The molecule has 0 aromatic rings. The molecule has 0 saturated carbocycles. The summed E-state index contributed by atoms with van der Waals surface area (Å²) < 4.78 is 35.9. The van der Waals surface area contributed by atoms with Gasteiger partial charge in [0.15, 0.2) is 0 Å². The molecule has 0 aromatic carbocycles. The van der Waals surface area contributed by atoms with E-state index in [-0.39, 0.29) is 23.9 Å². The van der Waals surface area contributed by atoms with Crippen molar-refractivity contribution in [2.45, 2.75) is 556 Å². The Bertz CT molecular complexity index is 1960. The molecule has 0 aromatic heterocycles. The molecular weight excluding hydrogens is 1500 g/mol. The molecule has 0 aliphatic heterocycles. The molecular formula is C108H212N2O11. The number of hydrogen-bond donors (Lipinski definition) is 1. The van der Waals surface area contributed by atoms with E-state index in [1.807, 2.05) is 0 Å². The van der Waals surface area contributed by atoms with Crippen molar-refractivity contribution in [2.24, 2.45) is 23.7 Å². The minimum atomic E-state index is -0.537. The van der Waals surface area contributed by atoms with Crippen molar-refractivity contribution in [3.05, 3.63) is 0 Å². The number of nitrogens with zero attached hydrogens (tertiary/aromatic N) is 2. The van der Waals surface area contributed by atoms with E-state index in [9.17, 15) is 24.3 Å². The van der Waals surface area contributed by atoms with E-state index in [1.54, 1.807) is 0 Å². The lowest BCUT2D eigenvalue weighted by molar-refractivity contribution is -0.146. The monoisotopic (exact) mass is 1710 g/mol. The Balaban J connectivity index is 5.33. The minimum Gasteiger partial charge on any atom is -0.465 e. The molecule has 0 heterocycles. The topological polar surface area (TPSA) is 150 Å². The van der Waals surface area contributed by atoms with Gasteiger partial charge in [0.1, 0.15) is 0 Å². The third-order valence-electron chi connectivity index (χ3n) is 26.0. The Hall–Kier alpha value is -2.32. The van der Waals surface area contributed by atoms with Gasteiger partial charge in [-0.2, -0.15) is 0 Å². The maximum atomic E-state index is 12.9. The van der Waals surface area contributed by atoms with Crippen LogP contribution in [0.5, 0.6) is 0 Å². The first-order chi connectivity index (χ1) is 59.5. The molecule has 5 atom stereocenters. The quantitative estimate of drug-likeness (QED) is 0.0350. The molecule has 0 spiro atoms. The summed E-state index contributed by atoms with van der Waals surface area (Å²) in [5, 5.41) is 10.9. The van der Waals surface area contributed by atoms with Gasteiger partial charge in [0, 0.05) is 45.5 Å². The van der Waals surface area contributed by atoms with Crippen molar-refractivity contribution in [3.63, 3.8) is 0 Å². The normalized spacial score (nSPS) is 13.0. The standard InChI is InChI=1S/C108H212N2O11/c1-9-17-25-33-41-57-77-100(73-53-29-21-13-5)95-118-105(112)81-61-45-37-49-65-86-109(87-66-50-38-46-62-82-106(113)119-96-101(74-54-30-22-14-6)78-58-42-34-26-18-10-2)90-69-71-92-116-94-85-104(111)99-117-93-72-70-91-110(88-67-51-39-47-63-83-107(114)120-97-102(75-55-31-23-15-7)79-59-43-35-27-19-11-3)89-68-52-40-48-64-84-108(115)121-98-103(76-56-32-24-16-8)80-60-44-36-28-20-12-4/h100-104,111H,9-99H2,1-8H3. The van der Waals surface area contributed by atoms with Crippen molar-refractivity contribution in [2.75, 3.05) is 92.1 Å². The van der Waals surface area contributed by atoms with E-state index >= 15 is 0 Å². The summed E-state index contributed by atoms with van der Waals surface area (Å²) in [6, 6.07) is 0. The summed E-state index contributed by atoms with van der Waals surface area (Å²) in [4.78, 5) is 57.1. The van der Waals surface area contributed by atoms with Gasteiger partial charge in [-0.1, -0.05) is 389 Å². The maximum absolute atomic E-state index is 12.9. The third-order valence-corrected chi connectivity index (χ3v) is 26.0. The summed E-state index contributed by atoms with van der Waals surface area (Å²) in [5.74, 6) is 2.02. The molecule has 0 bridgehead atoms. The van der Waals surface area contributed by atoms with E-state index in [0.717, 1.165) is 155 Å². The molecule has 0 saturated heterocycles. The number of unbranched alkanes of at least 4 members (excludes halogenated alkanes) is 50. The summed E-state index contributed by atoms with van der Waals surface area (Å²) >= 11 is 0. The van der Waals surface area contributed by atoms with Crippen LogP contribution in [0.15, 0.2) is 0 Å². The van der Waals surface area contributed by atoms with E-state index in [4.69, 9.17) is 28.4 Å². The highest BCUT2D eigenvalue weighted by Gasteiger charge is 2.19. The van der Waals surface area contributed by atoms with Crippen LogP contribution in [-0.4, -0.2) is 137 Å². The lowest BCUT2D eigenvalue weighted by Gasteiger charge is -2.22. The number of esters is 4. The average Bonchev–Trinajstić information content (AvgIpc) is 0.988. The van der Waals surface area contributed by atoms with Crippen LogP contribution in [0, 0.1) is 23.7 Å². The van der Waals surface area contributed by atoms with Crippen molar-refractivity contribution in [1.29, 1.82) is 0 Å². The van der Waals surface area contributed by atoms with E-state index in [0.29, 0.717) is 109 Å². The summed E-state index contributed by atoms with van der Waals surface area (Å²) in [6.45, 7) is 29.3. The van der Waals surface area contributed by atoms with Crippen LogP contribution in [0.2, 0.25) is 0 Å². The largest absolute Gasteiger partial charge is 0.465 e. The molecule has 720 valence electrons. The maximum Gasteiger partial charge on any atom is 0.305 e. The third kappa shape index (κ3) is 89.5. The van der Waals surface area contributed by atoms with Gasteiger partial charge in [-0.3, -0.25) is 19.2 Å². The highest BCUT2D eigenvalue weighted by Crippen LogP contribution is 2.26. The molecule has 0 radical (unpaired) electrons. The zero-order chi connectivity index (χ0) is 87.9. The van der Waals surface area contributed by atoms with Crippen LogP contribution >= 0.6 is 0 Å². The molecule has 0 aliphatic rings. The van der Waals surface area contributed by atoms with Gasteiger partial charge in [-0.25, -0.2) is 0 Å². The predicted molar refractivity (Wildman–Crippen MR) is 519 cm³/mol. The predicted octanol–water partition coefficient (Wildman–Crippen LogP) is 31.8.